The number of hydrogen-bond acceptors (Lipinski definition) is 2. The predicted octanol–water partition coefficient (Wildman–Crippen LogP) is 2.55. The maximum atomic E-state index is 12.2. The number of aromatic nitrogens is 2. The molecule has 6 heteroatoms. The second-order valence-corrected chi connectivity index (χ2v) is 5.04. The van der Waals surface area contributed by atoms with Gasteiger partial charge in [0.2, 0.25) is 0 Å². The molecular formula is C14H12Cl2N2O2. The van der Waals surface area contributed by atoms with Gasteiger partial charge < -0.3 is 0 Å². The molecule has 0 N–H and O–H groups in total. The minimum atomic E-state index is -0.400. The van der Waals surface area contributed by atoms with Gasteiger partial charge in [0, 0.05) is 28.9 Å². The summed E-state index contributed by atoms with van der Waals surface area (Å²) in [6.45, 7) is 4.02. The van der Waals surface area contributed by atoms with Crippen molar-refractivity contribution in [2.75, 3.05) is 0 Å². The van der Waals surface area contributed by atoms with Gasteiger partial charge in [-0.3, -0.25) is 13.9 Å². The molecule has 4 nitrogen and oxygen atoms in total. The Morgan fingerprint density at radius 1 is 1.20 bits per heavy atom. The summed E-state index contributed by atoms with van der Waals surface area (Å²) in [5.74, 6) is 0. The summed E-state index contributed by atoms with van der Waals surface area (Å²) in [6, 6.07) is 6.28. The number of hydrogen-bond donors (Lipinski definition) is 0. The molecule has 0 aliphatic rings. The van der Waals surface area contributed by atoms with Crippen LogP contribution < -0.4 is 11.2 Å². The lowest BCUT2D eigenvalue weighted by Gasteiger charge is -2.09. The Labute approximate surface area is 125 Å². The summed E-state index contributed by atoms with van der Waals surface area (Å²) >= 11 is 11.9. The summed E-state index contributed by atoms with van der Waals surface area (Å²) < 4.78 is 2.52. The van der Waals surface area contributed by atoms with Crippen molar-refractivity contribution in [2.45, 2.75) is 13.1 Å². The zero-order valence-corrected chi connectivity index (χ0v) is 12.1. The molecule has 0 aliphatic carbocycles. The van der Waals surface area contributed by atoms with Crippen molar-refractivity contribution in [2.24, 2.45) is 0 Å². The Balaban J connectivity index is 2.48. The zero-order chi connectivity index (χ0) is 14.7. The number of allylic oxidation sites excluding steroid dienone is 1. The van der Waals surface area contributed by atoms with E-state index in [1.165, 1.54) is 16.8 Å². The number of halogens is 2. The van der Waals surface area contributed by atoms with E-state index in [0.29, 0.717) is 22.2 Å². The molecule has 0 bridgehead atoms. The highest BCUT2D eigenvalue weighted by atomic mass is 35.5. The van der Waals surface area contributed by atoms with Gasteiger partial charge in [-0.25, -0.2) is 4.79 Å². The summed E-state index contributed by atoms with van der Waals surface area (Å²) in [5, 5.41) is 0.922. The van der Waals surface area contributed by atoms with Crippen molar-refractivity contribution in [3.63, 3.8) is 0 Å². The molecule has 104 valence electrons. The second-order valence-electron chi connectivity index (χ2n) is 4.20. The molecular weight excluding hydrogens is 299 g/mol. The number of benzene rings is 1. The SMILES string of the molecule is C=CCn1ccc(=O)n(Cc2ccc(Cl)cc2Cl)c1=O. The molecule has 20 heavy (non-hydrogen) atoms. The van der Waals surface area contributed by atoms with E-state index in [4.69, 9.17) is 23.2 Å². The number of rotatable bonds is 4. The number of nitrogens with zero attached hydrogens (tertiary/aromatic N) is 2. The van der Waals surface area contributed by atoms with Crippen LogP contribution in [-0.4, -0.2) is 9.13 Å². The fourth-order valence-electron chi connectivity index (χ4n) is 1.80. The molecule has 0 amide bonds. The first-order chi connectivity index (χ1) is 9.52. The smallest absolute Gasteiger partial charge is 0.297 e. The van der Waals surface area contributed by atoms with Crippen molar-refractivity contribution in [3.8, 4) is 0 Å². The van der Waals surface area contributed by atoms with E-state index in [9.17, 15) is 9.59 Å². The predicted molar refractivity (Wildman–Crippen MR) is 80.7 cm³/mol. The summed E-state index contributed by atoms with van der Waals surface area (Å²) in [4.78, 5) is 24.0. The van der Waals surface area contributed by atoms with Crippen LogP contribution in [0, 0.1) is 0 Å². The first kappa shape index (κ1) is 14.6. The molecule has 0 aliphatic heterocycles. The molecule has 0 saturated carbocycles. The molecule has 0 spiro atoms. The molecule has 1 heterocycles. The summed E-state index contributed by atoms with van der Waals surface area (Å²) in [7, 11) is 0. The largest absolute Gasteiger partial charge is 0.331 e. The van der Waals surface area contributed by atoms with Gasteiger partial charge in [-0.05, 0) is 17.7 Å². The fraction of sp³-hybridized carbons (Fsp3) is 0.143. The normalized spacial score (nSPS) is 10.5. The topological polar surface area (TPSA) is 44.0 Å². The van der Waals surface area contributed by atoms with Gasteiger partial charge in [0.25, 0.3) is 5.56 Å². The third-order valence-corrected chi connectivity index (χ3v) is 3.40. The molecule has 2 aromatic rings. The Kier molecular flexibility index (Phi) is 4.47. The molecule has 2 rings (SSSR count). The molecule has 0 atom stereocenters. The first-order valence-corrected chi connectivity index (χ1v) is 6.63. The maximum Gasteiger partial charge on any atom is 0.331 e. The lowest BCUT2D eigenvalue weighted by Crippen LogP contribution is -2.39. The van der Waals surface area contributed by atoms with Crippen LogP contribution in [0.4, 0.5) is 0 Å². The average molecular weight is 311 g/mol. The fourth-order valence-corrected chi connectivity index (χ4v) is 2.27. The Morgan fingerprint density at radius 2 is 1.95 bits per heavy atom. The van der Waals surface area contributed by atoms with Crippen LogP contribution in [0.15, 0.2) is 52.7 Å². The highest BCUT2D eigenvalue weighted by Crippen LogP contribution is 2.21. The van der Waals surface area contributed by atoms with E-state index in [2.05, 4.69) is 6.58 Å². The van der Waals surface area contributed by atoms with Crippen LogP contribution in [0.2, 0.25) is 10.0 Å². The summed E-state index contributed by atoms with van der Waals surface area (Å²) in [6.07, 6.45) is 3.04. The van der Waals surface area contributed by atoms with E-state index in [1.54, 1.807) is 24.3 Å². The quantitative estimate of drug-likeness (QED) is 0.815. The Bertz CT molecular complexity index is 762. The molecule has 0 unspecified atom stereocenters. The first-order valence-electron chi connectivity index (χ1n) is 5.88. The molecule has 0 fully saturated rings. The zero-order valence-electron chi connectivity index (χ0n) is 10.6. The lowest BCUT2D eigenvalue weighted by atomic mass is 10.2. The van der Waals surface area contributed by atoms with E-state index in [1.807, 2.05) is 0 Å². The van der Waals surface area contributed by atoms with Crippen molar-refractivity contribution in [1.82, 2.24) is 9.13 Å². The molecule has 1 aromatic heterocycles. The third kappa shape index (κ3) is 3.03. The second kappa shape index (κ2) is 6.11. The van der Waals surface area contributed by atoms with E-state index in [-0.39, 0.29) is 12.1 Å². The van der Waals surface area contributed by atoms with Crippen LogP contribution in [-0.2, 0) is 13.1 Å². The van der Waals surface area contributed by atoms with Gasteiger partial charge in [-0.1, -0.05) is 35.3 Å². The molecule has 0 radical (unpaired) electrons. The molecule has 1 aromatic carbocycles. The maximum absolute atomic E-state index is 12.2. The van der Waals surface area contributed by atoms with Crippen LogP contribution in [0.25, 0.3) is 0 Å². The van der Waals surface area contributed by atoms with E-state index >= 15 is 0 Å². The van der Waals surface area contributed by atoms with Gasteiger partial charge >= 0.3 is 5.69 Å². The van der Waals surface area contributed by atoms with Gasteiger partial charge in [0.1, 0.15) is 0 Å². The summed E-state index contributed by atoms with van der Waals surface area (Å²) in [5.41, 5.74) is -0.114. The average Bonchev–Trinajstić information content (AvgIpc) is 2.40. The van der Waals surface area contributed by atoms with Gasteiger partial charge in [-0.15, -0.1) is 6.58 Å². The van der Waals surface area contributed by atoms with E-state index < -0.39 is 5.69 Å². The highest BCUT2D eigenvalue weighted by molar-refractivity contribution is 6.35. The van der Waals surface area contributed by atoms with Crippen molar-refractivity contribution < 1.29 is 0 Å². The minimum Gasteiger partial charge on any atom is -0.297 e. The van der Waals surface area contributed by atoms with Crippen LogP contribution >= 0.6 is 23.2 Å². The third-order valence-electron chi connectivity index (χ3n) is 2.81. The molecule has 0 saturated heterocycles. The Hall–Kier alpha value is -1.78. The van der Waals surface area contributed by atoms with Gasteiger partial charge in [0.05, 0.1) is 6.54 Å². The lowest BCUT2D eigenvalue weighted by molar-refractivity contribution is 0.618. The highest BCUT2D eigenvalue weighted by Gasteiger charge is 2.08. The minimum absolute atomic E-state index is 0.103. The van der Waals surface area contributed by atoms with Crippen molar-refractivity contribution >= 4 is 23.2 Å². The van der Waals surface area contributed by atoms with Crippen molar-refractivity contribution in [1.29, 1.82) is 0 Å². The monoisotopic (exact) mass is 310 g/mol. The van der Waals surface area contributed by atoms with Crippen LogP contribution in [0.1, 0.15) is 5.56 Å². The van der Waals surface area contributed by atoms with Gasteiger partial charge in [-0.2, -0.15) is 0 Å². The standard InChI is InChI=1S/C14H12Cl2N2O2/c1-2-6-17-7-5-13(19)18(14(17)20)9-10-3-4-11(15)8-12(10)16/h2-5,7-8H,1,6,9H2. The van der Waals surface area contributed by atoms with Crippen LogP contribution in [0.5, 0.6) is 0 Å². The van der Waals surface area contributed by atoms with Gasteiger partial charge in [0.15, 0.2) is 0 Å². The van der Waals surface area contributed by atoms with Crippen molar-refractivity contribution in [3.05, 3.63) is 79.6 Å². The Morgan fingerprint density at radius 3 is 2.60 bits per heavy atom. The van der Waals surface area contributed by atoms with E-state index in [0.717, 1.165) is 4.57 Å². The van der Waals surface area contributed by atoms with Crippen LogP contribution in [0.3, 0.4) is 0 Å².